The van der Waals surface area contributed by atoms with E-state index in [0.717, 1.165) is 51.4 Å². The van der Waals surface area contributed by atoms with Crippen LogP contribution in [0.5, 0.6) is 0 Å². The van der Waals surface area contributed by atoms with Crippen LogP contribution in [0.15, 0.2) is 36.4 Å². The fourth-order valence-corrected chi connectivity index (χ4v) is 4.69. The Hall–Kier alpha value is -1.61. The highest BCUT2D eigenvalue weighted by molar-refractivity contribution is 5.79. The topological polar surface area (TPSA) is 23.6 Å². The lowest BCUT2D eigenvalue weighted by Crippen LogP contribution is -2.45. The molecule has 2 heterocycles. The lowest BCUT2D eigenvalue weighted by atomic mass is 9.90. The summed E-state index contributed by atoms with van der Waals surface area (Å²) in [5.74, 6) is 1.47. The number of carbonyl (C=O) groups is 1. The molecule has 2 aliphatic heterocycles. The van der Waals surface area contributed by atoms with Crippen molar-refractivity contribution in [3.63, 3.8) is 0 Å². The van der Waals surface area contributed by atoms with Gasteiger partial charge in [0.05, 0.1) is 0 Å². The van der Waals surface area contributed by atoms with Gasteiger partial charge in [-0.2, -0.15) is 0 Å². The minimum atomic E-state index is 0.243. The molecule has 0 bridgehead atoms. The van der Waals surface area contributed by atoms with Gasteiger partial charge in [0.15, 0.2) is 0 Å². The molecule has 134 valence electrons. The van der Waals surface area contributed by atoms with E-state index in [-0.39, 0.29) is 5.92 Å². The summed E-state index contributed by atoms with van der Waals surface area (Å²) < 4.78 is 0. The summed E-state index contributed by atoms with van der Waals surface area (Å²) >= 11 is 0. The summed E-state index contributed by atoms with van der Waals surface area (Å²) in [4.78, 5) is 17.7. The highest BCUT2D eigenvalue weighted by Gasteiger charge is 2.30. The van der Waals surface area contributed by atoms with E-state index < -0.39 is 0 Å². The summed E-state index contributed by atoms with van der Waals surface area (Å²) in [6.45, 7) is 5.12. The molecule has 1 aromatic carbocycles. The minimum Gasteiger partial charge on any atom is -0.338 e. The van der Waals surface area contributed by atoms with Crippen molar-refractivity contribution in [3.05, 3.63) is 47.5 Å². The largest absolute Gasteiger partial charge is 0.338 e. The molecule has 0 saturated carbocycles. The van der Waals surface area contributed by atoms with Crippen molar-refractivity contribution in [1.82, 2.24) is 9.80 Å². The molecular formula is C22H30N2O. The van der Waals surface area contributed by atoms with Gasteiger partial charge in [-0.25, -0.2) is 0 Å². The number of likely N-dealkylation sites (tertiary alicyclic amines) is 1. The van der Waals surface area contributed by atoms with Gasteiger partial charge in [-0.15, -0.1) is 0 Å². The Kier molecular flexibility index (Phi) is 5.21. The number of carbonyl (C=O) groups excluding carboxylic acids is 1. The van der Waals surface area contributed by atoms with Crippen molar-refractivity contribution >= 4 is 5.91 Å². The van der Waals surface area contributed by atoms with Crippen LogP contribution in [0.1, 0.15) is 43.2 Å². The highest BCUT2D eigenvalue weighted by atomic mass is 16.2. The maximum Gasteiger partial charge on any atom is 0.226 e. The van der Waals surface area contributed by atoms with E-state index in [1.807, 2.05) is 0 Å². The third kappa shape index (κ3) is 3.98. The standard InChI is InChI=1S/C22H30N2O/c25-22(24-15-12-19-8-4-5-9-21(19)17-24)20-10-13-23(14-11-20)16-18-6-2-1-3-7-18/h1-2,4-5,8-9,18,20H,3,6-7,10-17H2. The molecule has 3 nitrogen and oxygen atoms in total. The number of hydrogen-bond acceptors (Lipinski definition) is 2. The zero-order chi connectivity index (χ0) is 17.1. The first kappa shape index (κ1) is 16.8. The number of benzene rings is 1. The number of allylic oxidation sites excluding steroid dienone is 2. The summed E-state index contributed by atoms with van der Waals surface area (Å²) in [5.41, 5.74) is 2.76. The van der Waals surface area contributed by atoms with Crippen molar-refractivity contribution in [2.75, 3.05) is 26.2 Å². The average Bonchev–Trinajstić information content (AvgIpc) is 2.68. The van der Waals surface area contributed by atoms with Crippen LogP contribution in [-0.4, -0.2) is 41.9 Å². The van der Waals surface area contributed by atoms with E-state index in [2.05, 4.69) is 46.2 Å². The van der Waals surface area contributed by atoms with Gasteiger partial charge >= 0.3 is 0 Å². The Labute approximate surface area is 151 Å². The van der Waals surface area contributed by atoms with E-state index in [1.165, 1.54) is 36.9 Å². The molecule has 1 saturated heterocycles. The predicted molar refractivity (Wildman–Crippen MR) is 101 cm³/mol. The van der Waals surface area contributed by atoms with Gasteiger partial charge < -0.3 is 9.80 Å². The zero-order valence-electron chi connectivity index (χ0n) is 15.2. The SMILES string of the molecule is O=C(C1CCN(CC2CC=CCC2)CC1)N1CCc2ccccc2C1. The first-order valence-corrected chi connectivity index (χ1v) is 10.0. The number of nitrogens with zero attached hydrogens (tertiary/aromatic N) is 2. The van der Waals surface area contributed by atoms with Crippen LogP contribution in [0.25, 0.3) is 0 Å². The van der Waals surface area contributed by atoms with Crippen LogP contribution < -0.4 is 0 Å². The number of piperidine rings is 1. The van der Waals surface area contributed by atoms with Crippen molar-refractivity contribution in [1.29, 1.82) is 0 Å². The number of hydrogen-bond donors (Lipinski definition) is 0. The van der Waals surface area contributed by atoms with E-state index in [4.69, 9.17) is 0 Å². The van der Waals surface area contributed by atoms with Crippen molar-refractivity contribution < 1.29 is 4.79 Å². The molecule has 3 heteroatoms. The molecule has 1 unspecified atom stereocenters. The fourth-order valence-electron chi connectivity index (χ4n) is 4.69. The van der Waals surface area contributed by atoms with Gasteiger partial charge in [-0.05, 0) is 68.7 Å². The van der Waals surface area contributed by atoms with Crippen LogP contribution in [0.4, 0.5) is 0 Å². The molecule has 0 aromatic heterocycles. The van der Waals surface area contributed by atoms with Crippen molar-refractivity contribution in [2.24, 2.45) is 11.8 Å². The fraction of sp³-hybridized carbons (Fsp3) is 0.591. The van der Waals surface area contributed by atoms with Crippen LogP contribution in [0.3, 0.4) is 0 Å². The highest BCUT2D eigenvalue weighted by Crippen LogP contribution is 2.26. The second-order valence-corrected chi connectivity index (χ2v) is 8.00. The van der Waals surface area contributed by atoms with Gasteiger partial charge in [0, 0.05) is 25.6 Å². The monoisotopic (exact) mass is 338 g/mol. The van der Waals surface area contributed by atoms with Gasteiger partial charge in [-0.1, -0.05) is 36.4 Å². The molecular weight excluding hydrogens is 308 g/mol. The Morgan fingerprint density at radius 1 is 1.00 bits per heavy atom. The summed E-state index contributed by atoms with van der Waals surface area (Å²) in [7, 11) is 0. The van der Waals surface area contributed by atoms with Crippen LogP contribution in [-0.2, 0) is 17.8 Å². The first-order chi connectivity index (χ1) is 12.3. The molecule has 0 N–H and O–H groups in total. The molecule has 0 radical (unpaired) electrons. The molecule has 1 atom stereocenters. The molecule has 25 heavy (non-hydrogen) atoms. The van der Waals surface area contributed by atoms with Crippen LogP contribution in [0, 0.1) is 11.8 Å². The summed E-state index contributed by atoms with van der Waals surface area (Å²) in [5, 5.41) is 0. The maximum absolute atomic E-state index is 13.0. The molecule has 1 fully saturated rings. The third-order valence-corrected chi connectivity index (χ3v) is 6.27. The second kappa shape index (κ2) is 7.74. The number of fused-ring (bicyclic) bond motifs is 1. The Morgan fingerprint density at radius 3 is 2.56 bits per heavy atom. The molecule has 4 rings (SSSR count). The smallest absolute Gasteiger partial charge is 0.226 e. The van der Waals surface area contributed by atoms with E-state index in [1.54, 1.807) is 0 Å². The average molecular weight is 338 g/mol. The Bertz CT molecular complexity index is 631. The van der Waals surface area contributed by atoms with Gasteiger partial charge in [0.1, 0.15) is 0 Å². The number of rotatable bonds is 3. The van der Waals surface area contributed by atoms with Crippen LogP contribution >= 0.6 is 0 Å². The Morgan fingerprint density at radius 2 is 1.80 bits per heavy atom. The lowest BCUT2D eigenvalue weighted by Gasteiger charge is -2.37. The molecule has 1 aromatic rings. The van der Waals surface area contributed by atoms with Crippen LogP contribution in [0.2, 0.25) is 0 Å². The summed E-state index contributed by atoms with van der Waals surface area (Å²) in [6.07, 6.45) is 11.6. The number of amides is 1. The van der Waals surface area contributed by atoms with E-state index in [9.17, 15) is 4.79 Å². The van der Waals surface area contributed by atoms with Gasteiger partial charge in [0.2, 0.25) is 5.91 Å². The minimum absolute atomic E-state index is 0.243. The van der Waals surface area contributed by atoms with Crippen molar-refractivity contribution in [3.8, 4) is 0 Å². The third-order valence-electron chi connectivity index (χ3n) is 6.27. The normalized spacial score (nSPS) is 25.0. The van der Waals surface area contributed by atoms with Gasteiger partial charge in [-0.3, -0.25) is 4.79 Å². The molecule has 1 aliphatic carbocycles. The second-order valence-electron chi connectivity index (χ2n) is 8.00. The molecule has 0 spiro atoms. The quantitative estimate of drug-likeness (QED) is 0.786. The summed E-state index contributed by atoms with van der Waals surface area (Å²) in [6, 6.07) is 8.58. The van der Waals surface area contributed by atoms with Gasteiger partial charge in [0.25, 0.3) is 0 Å². The van der Waals surface area contributed by atoms with E-state index >= 15 is 0 Å². The molecule has 1 amide bonds. The molecule has 3 aliphatic rings. The zero-order valence-corrected chi connectivity index (χ0v) is 15.2. The van der Waals surface area contributed by atoms with Crippen molar-refractivity contribution in [2.45, 2.75) is 45.1 Å². The maximum atomic E-state index is 13.0. The van der Waals surface area contributed by atoms with E-state index in [0.29, 0.717) is 5.91 Å². The Balaban J connectivity index is 1.28. The first-order valence-electron chi connectivity index (χ1n) is 10.0. The predicted octanol–water partition coefficient (Wildman–Crippen LogP) is 3.64. The lowest BCUT2D eigenvalue weighted by molar-refractivity contribution is -0.138.